The summed E-state index contributed by atoms with van der Waals surface area (Å²) in [7, 11) is 0. The number of fused-ring (bicyclic) bond motifs is 1. The molecule has 0 atom stereocenters. The van der Waals surface area contributed by atoms with Crippen molar-refractivity contribution >= 4 is 16.3 Å². The number of thiophene rings is 1. The Balaban J connectivity index is 2.56. The van der Waals surface area contributed by atoms with Crippen LogP contribution in [0.5, 0.6) is 0 Å². The molecule has 1 aliphatic rings. The van der Waals surface area contributed by atoms with Gasteiger partial charge in [0.25, 0.3) is 0 Å². The molecule has 4 N–H and O–H groups in total. The van der Waals surface area contributed by atoms with Gasteiger partial charge >= 0.3 is 0 Å². The van der Waals surface area contributed by atoms with Crippen LogP contribution in [0.25, 0.3) is 0 Å². The van der Waals surface area contributed by atoms with Crippen LogP contribution in [0.1, 0.15) is 16.0 Å². The van der Waals surface area contributed by atoms with Crippen molar-refractivity contribution in [3.8, 4) is 6.07 Å². The standard InChI is InChI=1S/C8H9N3S/c9-3-6-5-1-2-11-4-7(5)12-8(6)10/h11H,1-2,4,10H2/p+1. The summed E-state index contributed by atoms with van der Waals surface area (Å²) >= 11 is 1.57. The van der Waals surface area contributed by atoms with Crippen molar-refractivity contribution in [1.29, 1.82) is 5.26 Å². The van der Waals surface area contributed by atoms with Crippen LogP contribution >= 0.6 is 11.3 Å². The number of nitrogen functional groups attached to an aromatic ring is 1. The molecule has 0 radical (unpaired) electrons. The molecule has 0 fully saturated rings. The average molecular weight is 180 g/mol. The molecular formula is C8H10N3S+. The van der Waals surface area contributed by atoms with Gasteiger partial charge < -0.3 is 11.1 Å². The van der Waals surface area contributed by atoms with Crippen LogP contribution in [0.15, 0.2) is 0 Å². The summed E-state index contributed by atoms with van der Waals surface area (Å²) in [6.07, 6.45) is 0.992. The normalized spacial score (nSPS) is 15.2. The first-order valence-corrected chi connectivity index (χ1v) is 4.76. The molecule has 1 aromatic rings. The summed E-state index contributed by atoms with van der Waals surface area (Å²) in [5.41, 5.74) is 7.64. The smallest absolute Gasteiger partial charge is 0.111 e. The zero-order chi connectivity index (χ0) is 8.55. The summed E-state index contributed by atoms with van der Waals surface area (Å²) in [5.74, 6) is 0. The van der Waals surface area contributed by atoms with E-state index in [0.29, 0.717) is 5.00 Å². The fourth-order valence-electron chi connectivity index (χ4n) is 1.56. The first-order valence-electron chi connectivity index (χ1n) is 3.94. The Morgan fingerprint density at radius 3 is 3.17 bits per heavy atom. The first-order chi connectivity index (χ1) is 5.83. The van der Waals surface area contributed by atoms with E-state index in [0.717, 1.165) is 25.1 Å². The van der Waals surface area contributed by atoms with Crippen molar-refractivity contribution in [2.75, 3.05) is 12.3 Å². The Bertz CT molecular complexity index is 348. The Morgan fingerprint density at radius 1 is 1.58 bits per heavy atom. The van der Waals surface area contributed by atoms with Crippen LogP contribution in [-0.4, -0.2) is 6.54 Å². The highest BCUT2D eigenvalue weighted by Gasteiger charge is 2.20. The lowest BCUT2D eigenvalue weighted by atomic mass is 10.1. The lowest BCUT2D eigenvalue weighted by Gasteiger charge is -2.08. The lowest BCUT2D eigenvalue weighted by molar-refractivity contribution is -0.672. The highest BCUT2D eigenvalue weighted by atomic mass is 32.1. The third kappa shape index (κ3) is 0.986. The van der Waals surface area contributed by atoms with Crippen molar-refractivity contribution in [2.24, 2.45) is 0 Å². The second-order valence-electron chi connectivity index (χ2n) is 2.89. The molecular weight excluding hydrogens is 170 g/mol. The van der Waals surface area contributed by atoms with Gasteiger partial charge in [0.2, 0.25) is 0 Å². The molecule has 3 nitrogen and oxygen atoms in total. The number of nitriles is 1. The zero-order valence-electron chi connectivity index (χ0n) is 6.63. The lowest BCUT2D eigenvalue weighted by Crippen LogP contribution is -2.84. The van der Waals surface area contributed by atoms with E-state index in [9.17, 15) is 0 Å². The van der Waals surface area contributed by atoms with E-state index in [4.69, 9.17) is 11.0 Å². The summed E-state index contributed by atoms with van der Waals surface area (Å²) in [4.78, 5) is 1.29. The highest BCUT2D eigenvalue weighted by molar-refractivity contribution is 7.16. The summed E-state index contributed by atoms with van der Waals surface area (Å²) in [6, 6.07) is 2.17. The summed E-state index contributed by atoms with van der Waals surface area (Å²) < 4.78 is 0. The molecule has 0 saturated carbocycles. The number of quaternary nitrogens is 1. The third-order valence-electron chi connectivity index (χ3n) is 2.16. The van der Waals surface area contributed by atoms with Crippen LogP contribution in [0.3, 0.4) is 0 Å². The number of hydrogen-bond donors (Lipinski definition) is 2. The maximum absolute atomic E-state index is 8.83. The van der Waals surface area contributed by atoms with Gasteiger partial charge in [-0.2, -0.15) is 5.26 Å². The van der Waals surface area contributed by atoms with Crippen LogP contribution in [0.4, 0.5) is 5.00 Å². The van der Waals surface area contributed by atoms with Gasteiger partial charge in [0, 0.05) is 6.42 Å². The van der Waals surface area contributed by atoms with Gasteiger partial charge in [-0.05, 0) is 5.56 Å². The number of hydrogen-bond acceptors (Lipinski definition) is 3. The van der Waals surface area contributed by atoms with Crippen molar-refractivity contribution in [3.05, 3.63) is 16.0 Å². The molecule has 0 spiro atoms. The van der Waals surface area contributed by atoms with Gasteiger partial charge in [0.1, 0.15) is 17.6 Å². The van der Waals surface area contributed by atoms with Gasteiger partial charge in [-0.25, -0.2) is 0 Å². The second kappa shape index (κ2) is 2.77. The predicted molar refractivity (Wildman–Crippen MR) is 47.6 cm³/mol. The summed E-state index contributed by atoms with van der Waals surface area (Å²) in [5, 5.41) is 11.8. The van der Waals surface area contributed by atoms with E-state index in [1.165, 1.54) is 10.4 Å². The molecule has 12 heavy (non-hydrogen) atoms. The maximum Gasteiger partial charge on any atom is 0.111 e. The minimum absolute atomic E-state index is 0.692. The minimum atomic E-state index is 0.692. The molecule has 2 heterocycles. The van der Waals surface area contributed by atoms with E-state index < -0.39 is 0 Å². The van der Waals surface area contributed by atoms with E-state index in [-0.39, 0.29) is 0 Å². The van der Waals surface area contributed by atoms with E-state index >= 15 is 0 Å². The molecule has 0 saturated heterocycles. The average Bonchev–Trinajstić information content (AvgIpc) is 2.40. The van der Waals surface area contributed by atoms with Crippen molar-refractivity contribution < 1.29 is 5.32 Å². The monoisotopic (exact) mass is 180 g/mol. The fraction of sp³-hybridized carbons (Fsp3) is 0.375. The predicted octanol–water partition coefficient (Wildman–Crippen LogP) is -0.179. The van der Waals surface area contributed by atoms with Crippen LogP contribution in [0.2, 0.25) is 0 Å². The molecule has 0 unspecified atom stereocenters. The van der Waals surface area contributed by atoms with Crippen LogP contribution < -0.4 is 11.1 Å². The summed E-state index contributed by atoms with van der Waals surface area (Å²) in [6.45, 7) is 2.07. The SMILES string of the molecule is N#Cc1c(N)sc2c1CC[NH2+]C2. The van der Waals surface area contributed by atoms with Crippen LogP contribution in [0, 0.1) is 11.3 Å². The van der Waals surface area contributed by atoms with E-state index in [2.05, 4.69) is 11.4 Å². The second-order valence-corrected chi connectivity index (χ2v) is 4.02. The Hall–Kier alpha value is -1.05. The molecule has 4 heteroatoms. The number of anilines is 1. The van der Waals surface area contributed by atoms with Crippen LogP contribution in [-0.2, 0) is 13.0 Å². The molecule has 1 aliphatic heterocycles. The van der Waals surface area contributed by atoms with Crippen molar-refractivity contribution in [3.63, 3.8) is 0 Å². The molecule has 0 aliphatic carbocycles. The molecule has 0 bridgehead atoms. The number of nitrogens with zero attached hydrogens (tertiary/aromatic N) is 1. The third-order valence-corrected chi connectivity index (χ3v) is 3.24. The zero-order valence-corrected chi connectivity index (χ0v) is 7.45. The van der Waals surface area contributed by atoms with Gasteiger partial charge in [-0.15, -0.1) is 11.3 Å². The van der Waals surface area contributed by atoms with Crippen molar-refractivity contribution in [1.82, 2.24) is 0 Å². The molecule has 62 valence electrons. The molecule has 0 amide bonds. The Morgan fingerprint density at radius 2 is 2.42 bits per heavy atom. The van der Waals surface area contributed by atoms with Crippen molar-refractivity contribution in [2.45, 2.75) is 13.0 Å². The molecule has 2 rings (SSSR count). The minimum Gasteiger partial charge on any atom is -0.389 e. The quantitative estimate of drug-likeness (QED) is 0.581. The first kappa shape index (κ1) is 7.59. The van der Waals surface area contributed by atoms with E-state index in [1.807, 2.05) is 0 Å². The van der Waals surface area contributed by atoms with Gasteiger partial charge in [0.15, 0.2) is 0 Å². The Labute approximate surface area is 74.8 Å². The fourth-order valence-corrected chi connectivity index (χ4v) is 2.63. The van der Waals surface area contributed by atoms with Gasteiger partial charge in [0.05, 0.1) is 17.0 Å². The van der Waals surface area contributed by atoms with Gasteiger partial charge in [-0.3, -0.25) is 0 Å². The maximum atomic E-state index is 8.83. The molecule has 1 aromatic heterocycles. The molecule has 0 aromatic carbocycles. The number of nitrogens with two attached hydrogens (primary N) is 2. The van der Waals surface area contributed by atoms with E-state index in [1.54, 1.807) is 11.3 Å². The number of rotatable bonds is 0. The van der Waals surface area contributed by atoms with Gasteiger partial charge in [-0.1, -0.05) is 0 Å². The highest BCUT2D eigenvalue weighted by Crippen LogP contribution is 2.30. The topological polar surface area (TPSA) is 66.4 Å². The largest absolute Gasteiger partial charge is 0.389 e. The Kier molecular flexibility index (Phi) is 1.75.